The summed E-state index contributed by atoms with van der Waals surface area (Å²) in [5.41, 5.74) is 1.67. The maximum atomic E-state index is 12.5. The molecule has 126 valence electrons. The molecule has 1 atom stereocenters. The summed E-state index contributed by atoms with van der Waals surface area (Å²) in [5.74, 6) is -1.10. The monoisotopic (exact) mass is 318 g/mol. The highest BCUT2D eigenvalue weighted by molar-refractivity contribution is 5.97. The van der Waals surface area contributed by atoms with Crippen molar-refractivity contribution >= 4 is 17.6 Å². The largest absolute Gasteiger partial charge is 0.480 e. The fourth-order valence-electron chi connectivity index (χ4n) is 3.07. The van der Waals surface area contributed by atoms with Crippen LogP contribution in [0.15, 0.2) is 24.3 Å². The summed E-state index contributed by atoms with van der Waals surface area (Å²) < 4.78 is 0. The van der Waals surface area contributed by atoms with E-state index < -0.39 is 12.0 Å². The van der Waals surface area contributed by atoms with Crippen LogP contribution in [0.25, 0.3) is 0 Å². The van der Waals surface area contributed by atoms with Crippen molar-refractivity contribution < 1.29 is 14.7 Å². The number of carbonyl (C=O) groups excluding carboxylic acids is 1. The fraction of sp³-hybridized carbons (Fsp3) is 0.556. The van der Waals surface area contributed by atoms with E-state index in [0.29, 0.717) is 18.5 Å². The Kier molecular flexibility index (Phi) is 6.02. The highest BCUT2D eigenvalue weighted by Crippen LogP contribution is 2.22. The van der Waals surface area contributed by atoms with E-state index in [1.807, 2.05) is 24.3 Å². The van der Waals surface area contributed by atoms with Gasteiger partial charge in [0.15, 0.2) is 0 Å². The highest BCUT2D eigenvalue weighted by Gasteiger charge is 2.34. The lowest BCUT2D eigenvalue weighted by Gasteiger charge is -2.24. The van der Waals surface area contributed by atoms with Crippen LogP contribution in [0.5, 0.6) is 0 Å². The van der Waals surface area contributed by atoms with Crippen molar-refractivity contribution in [3.8, 4) is 0 Å². The molecular weight excluding hydrogens is 292 g/mol. The van der Waals surface area contributed by atoms with Gasteiger partial charge in [0, 0.05) is 30.9 Å². The molecule has 1 aromatic rings. The molecule has 1 aliphatic rings. The van der Waals surface area contributed by atoms with Crippen molar-refractivity contribution in [2.75, 3.05) is 24.5 Å². The summed E-state index contributed by atoms with van der Waals surface area (Å²) in [6.45, 7) is 6.75. The van der Waals surface area contributed by atoms with Crippen LogP contribution in [0.2, 0.25) is 0 Å². The Balaban J connectivity index is 2.09. The first-order chi connectivity index (χ1) is 11.1. The van der Waals surface area contributed by atoms with E-state index >= 15 is 0 Å². The van der Waals surface area contributed by atoms with Crippen LogP contribution in [-0.4, -0.2) is 47.6 Å². The average molecular weight is 318 g/mol. The van der Waals surface area contributed by atoms with E-state index in [1.54, 1.807) is 0 Å². The molecule has 0 radical (unpaired) electrons. The quantitative estimate of drug-likeness (QED) is 0.839. The summed E-state index contributed by atoms with van der Waals surface area (Å²) in [5, 5.41) is 9.21. The maximum Gasteiger partial charge on any atom is 0.326 e. The maximum absolute atomic E-state index is 12.5. The third-order valence-corrected chi connectivity index (χ3v) is 4.44. The van der Waals surface area contributed by atoms with Crippen molar-refractivity contribution in [1.82, 2.24) is 4.90 Å². The predicted octanol–water partition coefficient (Wildman–Crippen LogP) is 3.00. The lowest BCUT2D eigenvalue weighted by atomic mass is 10.1. The molecule has 5 heteroatoms. The molecule has 1 unspecified atom stereocenters. The highest BCUT2D eigenvalue weighted by atomic mass is 16.4. The van der Waals surface area contributed by atoms with E-state index in [1.165, 1.54) is 4.90 Å². The van der Waals surface area contributed by atoms with Crippen LogP contribution in [0.1, 0.15) is 49.9 Å². The molecule has 1 N–H and O–H groups in total. The van der Waals surface area contributed by atoms with Gasteiger partial charge in [-0.2, -0.15) is 0 Å². The standard InChI is InChI=1S/C18H26N2O3/c1-3-5-12-19(4-2)15-10-8-14(9-11-15)17(21)20-13-6-7-16(20)18(22)23/h8-11,16H,3-7,12-13H2,1-2H3,(H,22,23). The molecule has 1 saturated heterocycles. The second-order valence-corrected chi connectivity index (χ2v) is 5.97. The van der Waals surface area contributed by atoms with E-state index in [9.17, 15) is 14.7 Å². The van der Waals surface area contributed by atoms with Crippen LogP contribution >= 0.6 is 0 Å². The molecule has 23 heavy (non-hydrogen) atoms. The van der Waals surface area contributed by atoms with Crippen molar-refractivity contribution in [3.63, 3.8) is 0 Å². The van der Waals surface area contributed by atoms with Gasteiger partial charge in [-0.1, -0.05) is 13.3 Å². The number of carboxylic acid groups (broad SMARTS) is 1. The smallest absolute Gasteiger partial charge is 0.326 e. The Hall–Kier alpha value is -2.04. The summed E-state index contributed by atoms with van der Waals surface area (Å²) in [6.07, 6.45) is 3.59. The molecule has 0 spiro atoms. The van der Waals surface area contributed by atoms with E-state index in [-0.39, 0.29) is 5.91 Å². The summed E-state index contributed by atoms with van der Waals surface area (Å²) in [4.78, 5) is 27.5. The zero-order valence-electron chi connectivity index (χ0n) is 14.0. The fourth-order valence-corrected chi connectivity index (χ4v) is 3.07. The van der Waals surface area contributed by atoms with Gasteiger partial charge in [0.2, 0.25) is 0 Å². The molecule has 1 aliphatic heterocycles. The second kappa shape index (κ2) is 7.99. The number of carboxylic acids is 1. The van der Waals surface area contributed by atoms with Gasteiger partial charge in [0.05, 0.1) is 0 Å². The van der Waals surface area contributed by atoms with Crippen LogP contribution in [0.4, 0.5) is 5.69 Å². The molecule has 2 rings (SSSR count). The van der Waals surface area contributed by atoms with Gasteiger partial charge >= 0.3 is 5.97 Å². The van der Waals surface area contributed by atoms with Crippen LogP contribution in [-0.2, 0) is 4.79 Å². The zero-order chi connectivity index (χ0) is 16.8. The number of rotatable bonds is 7. The van der Waals surface area contributed by atoms with Crippen LogP contribution in [0, 0.1) is 0 Å². The number of unbranched alkanes of at least 4 members (excludes halogenated alkanes) is 1. The third kappa shape index (κ3) is 4.03. The van der Waals surface area contributed by atoms with Crippen molar-refractivity contribution in [2.24, 2.45) is 0 Å². The number of hydrogen-bond donors (Lipinski definition) is 1. The predicted molar refractivity (Wildman–Crippen MR) is 90.9 cm³/mol. The number of nitrogens with zero attached hydrogens (tertiary/aromatic N) is 2. The van der Waals surface area contributed by atoms with Crippen LogP contribution in [0.3, 0.4) is 0 Å². The Morgan fingerprint density at radius 1 is 1.26 bits per heavy atom. The first-order valence-electron chi connectivity index (χ1n) is 8.47. The first-order valence-corrected chi connectivity index (χ1v) is 8.47. The average Bonchev–Trinajstić information content (AvgIpc) is 3.05. The minimum absolute atomic E-state index is 0.182. The van der Waals surface area contributed by atoms with Gasteiger partial charge in [0.1, 0.15) is 6.04 Å². The van der Waals surface area contributed by atoms with E-state index in [4.69, 9.17) is 0 Å². The Morgan fingerprint density at radius 3 is 2.52 bits per heavy atom. The topological polar surface area (TPSA) is 60.9 Å². The van der Waals surface area contributed by atoms with Gasteiger partial charge in [-0.15, -0.1) is 0 Å². The van der Waals surface area contributed by atoms with E-state index in [2.05, 4.69) is 18.7 Å². The summed E-state index contributed by atoms with van der Waals surface area (Å²) in [7, 11) is 0. The van der Waals surface area contributed by atoms with Gasteiger partial charge in [-0.3, -0.25) is 4.79 Å². The Morgan fingerprint density at radius 2 is 1.96 bits per heavy atom. The van der Waals surface area contributed by atoms with Gasteiger partial charge < -0.3 is 14.9 Å². The van der Waals surface area contributed by atoms with Gasteiger partial charge in [0.25, 0.3) is 5.91 Å². The minimum atomic E-state index is -0.913. The minimum Gasteiger partial charge on any atom is -0.480 e. The van der Waals surface area contributed by atoms with Crippen LogP contribution < -0.4 is 4.90 Å². The molecule has 1 amide bonds. The SMILES string of the molecule is CCCCN(CC)c1ccc(C(=O)N2CCCC2C(=O)O)cc1. The number of amides is 1. The van der Waals surface area contributed by atoms with Crippen molar-refractivity contribution in [3.05, 3.63) is 29.8 Å². The lowest BCUT2D eigenvalue weighted by Crippen LogP contribution is -2.40. The molecular formula is C18H26N2O3. The molecule has 1 aromatic carbocycles. The lowest BCUT2D eigenvalue weighted by molar-refractivity contribution is -0.141. The number of likely N-dealkylation sites (tertiary alicyclic amines) is 1. The molecule has 0 bridgehead atoms. The number of hydrogen-bond acceptors (Lipinski definition) is 3. The molecule has 5 nitrogen and oxygen atoms in total. The van der Waals surface area contributed by atoms with Crippen molar-refractivity contribution in [2.45, 2.75) is 45.6 Å². The molecule has 0 aromatic heterocycles. The summed E-state index contributed by atoms with van der Waals surface area (Å²) in [6, 6.07) is 6.85. The number of benzene rings is 1. The molecule has 0 saturated carbocycles. The van der Waals surface area contributed by atoms with Gasteiger partial charge in [-0.05, 0) is 50.5 Å². The number of carbonyl (C=O) groups is 2. The first kappa shape index (κ1) is 17.3. The van der Waals surface area contributed by atoms with Gasteiger partial charge in [-0.25, -0.2) is 4.79 Å². The zero-order valence-corrected chi connectivity index (χ0v) is 14.0. The third-order valence-electron chi connectivity index (χ3n) is 4.44. The second-order valence-electron chi connectivity index (χ2n) is 5.97. The Bertz CT molecular complexity index is 542. The number of anilines is 1. The Labute approximate surface area is 137 Å². The summed E-state index contributed by atoms with van der Waals surface area (Å²) >= 11 is 0. The molecule has 1 fully saturated rings. The molecule has 1 heterocycles. The van der Waals surface area contributed by atoms with Crippen molar-refractivity contribution in [1.29, 1.82) is 0 Å². The molecule has 0 aliphatic carbocycles. The normalized spacial score (nSPS) is 17.3. The number of aliphatic carboxylic acids is 1. The van der Waals surface area contributed by atoms with E-state index in [0.717, 1.165) is 38.0 Å².